The number of H-pyrrole nitrogens is 1. The fourth-order valence-electron chi connectivity index (χ4n) is 2.62. The van der Waals surface area contributed by atoms with Crippen molar-refractivity contribution in [2.24, 2.45) is 0 Å². The van der Waals surface area contributed by atoms with Gasteiger partial charge in [0.05, 0.1) is 13.0 Å². The van der Waals surface area contributed by atoms with Crippen LogP contribution in [0.4, 0.5) is 5.13 Å². The molecule has 0 bridgehead atoms. The van der Waals surface area contributed by atoms with Crippen LogP contribution in [0.2, 0.25) is 5.02 Å². The largest absolute Gasteiger partial charge is 0.497 e. The normalized spacial score (nSPS) is 12.1. The van der Waals surface area contributed by atoms with E-state index in [0.29, 0.717) is 5.13 Å². The van der Waals surface area contributed by atoms with Crippen LogP contribution in [0.15, 0.2) is 53.9 Å². The molecular weight excluding hydrogens is 328 g/mol. The number of anilines is 1. The quantitative estimate of drug-likeness (QED) is 0.754. The highest BCUT2D eigenvalue weighted by molar-refractivity contribution is 7.13. The summed E-state index contributed by atoms with van der Waals surface area (Å²) in [4.78, 5) is 3.26. The summed E-state index contributed by atoms with van der Waals surface area (Å²) in [7, 11) is 1.67. The second kappa shape index (κ2) is 7.02. The van der Waals surface area contributed by atoms with Crippen molar-refractivity contribution in [1.82, 2.24) is 0 Å². The Kier molecular flexibility index (Phi) is 4.84. The Morgan fingerprint density at radius 2 is 1.91 bits per heavy atom. The molecule has 3 aromatic rings. The van der Waals surface area contributed by atoms with E-state index in [0.717, 1.165) is 28.5 Å². The van der Waals surface area contributed by atoms with Gasteiger partial charge in [0.25, 0.3) is 0 Å². The monoisotopic (exact) mass is 345 g/mol. The van der Waals surface area contributed by atoms with Gasteiger partial charge in [-0.05, 0) is 35.7 Å². The molecule has 0 saturated heterocycles. The van der Waals surface area contributed by atoms with Gasteiger partial charge in [-0.15, -0.1) is 0 Å². The Morgan fingerprint density at radius 3 is 2.52 bits per heavy atom. The second-order valence-corrected chi connectivity index (χ2v) is 6.62. The van der Waals surface area contributed by atoms with Crippen molar-refractivity contribution >= 4 is 28.1 Å². The molecule has 3 nitrogen and oxygen atoms in total. The molecule has 1 unspecified atom stereocenters. The summed E-state index contributed by atoms with van der Waals surface area (Å²) in [5.74, 6) is 1.01. The molecule has 3 rings (SSSR count). The van der Waals surface area contributed by atoms with Crippen LogP contribution >= 0.6 is 22.9 Å². The van der Waals surface area contributed by atoms with Crippen LogP contribution < -0.4 is 15.5 Å². The first kappa shape index (κ1) is 15.8. The minimum absolute atomic E-state index is 0.161. The first-order valence-electron chi connectivity index (χ1n) is 7.31. The van der Waals surface area contributed by atoms with Crippen LogP contribution in [0.25, 0.3) is 0 Å². The van der Waals surface area contributed by atoms with Crippen molar-refractivity contribution in [2.45, 2.75) is 12.3 Å². The van der Waals surface area contributed by atoms with Gasteiger partial charge < -0.3 is 4.74 Å². The molecule has 0 fully saturated rings. The lowest BCUT2D eigenvalue weighted by molar-refractivity contribution is -0.368. The van der Waals surface area contributed by atoms with E-state index in [2.05, 4.69) is 28.6 Å². The van der Waals surface area contributed by atoms with E-state index in [4.69, 9.17) is 22.1 Å². The Balaban J connectivity index is 1.98. The molecule has 1 aromatic heterocycles. The predicted molar refractivity (Wildman–Crippen MR) is 95.3 cm³/mol. The van der Waals surface area contributed by atoms with Crippen LogP contribution in [0.5, 0.6) is 5.75 Å². The number of aromatic amines is 1. The van der Waals surface area contributed by atoms with Crippen molar-refractivity contribution in [3.63, 3.8) is 0 Å². The molecule has 0 aliphatic heterocycles. The van der Waals surface area contributed by atoms with Gasteiger partial charge in [0.15, 0.2) is 0 Å². The van der Waals surface area contributed by atoms with Crippen LogP contribution in [0, 0.1) is 0 Å². The van der Waals surface area contributed by atoms with Crippen LogP contribution in [0.3, 0.4) is 0 Å². The van der Waals surface area contributed by atoms with E-state index in [1.807, 2.05) is 30.3 Å². The number of methoxy groups -OCH3 is 1. The number of hydrogen-bond donors (Lipinski definition) is 1. The lowest BCUT2D eigenvalue weighted by Gasteiger charge is -2.15. The molecule has 0 radical (unpaired) electrons. The highest BCUT2D eigenvalue weighted by atomic mass is 35.5. The Labute approximate surface area is 144 Å². The molecule has 1 heterocycles. The number of nitrogen functional groups attached to an aromatic ring is 1. The van der Waals surface area contributed by atoms with Crippen molar-refractivity contribution in [3.8, 4) is 5.75 Å². The molecule has 23 heavy (non-hydrogen) atoms. The van der Waals surface area contributed by atoms with Gasteiger partial charge in [-0.1, -0.05) is 53.3 Å². The highest BCUT2D eigenvalue weighted by Crippen LogP contribution is 2.31. The number of nitrogens with two attached hydrogens (primary N) is 1. The van der Waals surface area contributed by atoms with Gasteiger partial charge in [0.2, 0.25) is 0 Å². The number of ether oxygens (including phenoxy) is 1. The third kappa shape index (κ3) is 3.66. The molecule has 0 saturated carbocycles. The lowest BCUT2D eigenvalue weighted by atomic mass is 9.89. The zero-order valence-electron chi connectivity index (χ0n) is 12.8. The first-order valence-corrected chi connectivity index (χ1v) is 8.56. The topological polar surface area (TPSA) is 49.4 Å². The van der Waals surface area contributed by atoms with Gasteiger partial charge >= 0.3 is 5.13 Å². The van der Waals surface area contributed by atoms with Crippen LogP contribution in [-0.2, 0) is 6.42 Å². The summed E-state index contributed by atoms with van der Waals surface area (Å²) < 4.78 is 5.25. The molecule has 0 aliphatic rings. The number of nitrogens with one attached hydrogen (secondary N) is 1. The Hall–Kier alpha value is -2.04. The van der Waals surface area contributed by atoms with E-state index in [1.165, 1.54) is 16.9 Å². The summed E-state index contributed by atoms with van der Waals surface area (Å²) in [6, 6.07) is 16.1. The standard InChI is InChI=1S/C18H17ClN2OS/c1-22-14-8-6-12(7-9-14)15(17-11-23-18(20)21-17)10-13-4-2-3-5-16(13)19/h2-9,11,15H,10H2,1H3,(H2,20,21)/p+1. The molecule has 0 spiro atoms. The number of hydrogen-bond acceptors (Lipinski definition) is 3. The Bertz CT molecular complexity index is 786. The molecule has 118 valence electrons. The van der Waals surface area contributed by atoms with Gasteiger partial charge in [-0.2, -0.15) is 0 Å². The Morgan fingerprint density at radius 1 is 1.17 bits per heavy atom. The third-order valence-corrected chi connectivity index (χ3v) is 4.95. The zero-order valence-corrected chi connectivity index (χ0v) is 14.3. The van der Waals surface area contributed by atoms with E-state index in [1.54, 1.807) is 7.11 Å². The van der Waals surface area contributed by atoms with Crippen molar-refractivity contribution in [2.75, 3.05) is 12.8 Å². The maximum Gasteiger partial charge on any atom is 0.329 e. The molecule has 0 aliphatic carbocycles. The van der Waals surface area contributed by atoms with E-state index in [-0.39, 0.29) is 5.92 Å². The maximum atomic E-state index is 6.34. The number of thiazole rings is 1. The van der Waals surface area contributed by atoms with Gasteiger partial charge in [-0.25, -0.2) is 4.98 Å². The highest BCUT2D eigenvalue weighted by Gasteiger charge is 2.21. The summed E-state index contributed by atoms with van der Waals surface area (Å²) >= 11 is 7.86. The summed E-state index contributed by atoms with van der Waals surface area (Å²) in [6.45, 7) is 0. The fourth-order valence-corrected chi connectivity index (χ4v) is 3.49. The summed E-state index contributed by atoms with van der Waals surface area (Å²) in [5, 5.41) is 3.56. The average molecular weight is 346 g/mol. The number of rotatable bonds is 5. The molecule has 2 aromatic carbocycles. The number of benzene rings is 2. The summed E-state index contributed by atoms with van der Waals surface area (Å²) in [6.07, 6.45) is 0.804. The number of halogens is 1. The lowest BCUT2D eigenvalue weighted by Crippen LogP contribution is -2.17. The maximum absolute atomic E-state index is 6.34. The molecule has 0 amide bonds. The van der Waals surface area contributed by atoms with Crippen LogP contribution in [0.1, 0.15) is 22.7 Å². The van der Waals surface area contributed by atoms with Crippen molar-refractivity contribution < 1.29 is 9.72 Å². The predicted octanol–water partition coefficient (Wildman–Crippen LogP) is 4.18. The molecule has 1 atom stereocenters. The van der Waals surface area contributed by atoms with Gasteiger partial charge in [0, 0.05) is 10.4 Å². The van der Waals surface area contributed by atoms with Crippen molar-refractivity contribution in [1.29, 1.82) is 0 Å². The molecular formula is C18H18ClN2OS+. The van der Waals surface area contributed by atoms with Crippen LogP contribution in [-0.4, -0.2) is 7.11 Å². The van der Waals surface area contributed by atoms with E-state index >= 15 is 0 Å². The minimum Gasteiger partial charge on any atom is -0.497 e. The van der Waals surface area contributed by atoms with Crippen molar-refractivity contribution in [3.05, 3.63) is 75.8 Å². The van der Waals surface area contributed by atoms with E-state index in [9.17, 15) is 0 Å². The smallest absolute Gasteiger partial charge is 0.329 e. The SMILES string of the molecule is COc1ccc(C(Cc2ccccc2Cl)c2csc(N)[nH+]2)cc1. The fraction of sp³-hybridized carbons (Fsp3) is 0.167. The number of aromatic nitrogens is 1. The molecule has 3 N–H and O–H groups in total. The van der Waals surface area contributed by atoms with Gasteiger partial charge in [0.1, 0.15) is 11.4 Å². The second-order valence-electron chi connectivity index (χ2n) is 5.30. The summed E-state index contributed by atoms with van der Waals surface area (Å²) in [5.41, 5.74) is 9.29. The zero-order chi connectivity index (χ0) is 16.2. The minimum atomic E-state index is 0.161. The first-order chi connectivity index (χ1) is 11.2. The van der Waals surface area contributed by atoms with E-state index < -0.39 is 0 Å². The van der Waals surface area contributed by atoms with Gasteiger partial charge in [-0.3, -0.25) is 5.73 Å². The average Bonchev–Trinajstić information content (AvgIpc) is 3.00. The molecule has 5 heteroatoms. The third-order valence-electron chi connectivity index (χ3n) is 3.86.